The molecule has 1 unspecified atom stereocenters. The van der Waals surface area contributed by atoms with Crippen molar-refractivity contribution in [3.05, 3.63) is 42.1 Å². The van der Waals surface area contributed by atoms with Gasteiger partial charge in [-0.15, -0.1) is 0 Å². The van der Waals surface area contributed by atoms with E-state index in [-0.39, 0.29) is 5.97 Å². The van der Waals surface area contributed by atoms with Crippen LogP contribution in [0.4, 0.5) is 0 Å². The zero-order valence-corrected chi connectivity index (χ0v) is 12.2. The molecule has 5 heteroatoms. The second-order valence-electron chi connectivity index (χ2n) is 4.46. The predicted molar refractivity (Wildman–Crippen MR) is 82.5 cm³/mol. The number of rotatable bonds is 6. The van der Waals surface area contributed by atoms with Crippen molar-refractivity contribution < 1.29 is 9.53 Å². The van der Waals surface area contributed by atoms with Crippen molar-refractivity contribution in [2.45, 2.75) is 18.2 Å². The van der Waals surface area contributed by atoms with Crippen molar-refractivity contribution in [1.29, 1.82) is 0 Å². The van der Waals surface area contributed by atoms with E-state index >= 15 is 0 Å². The fourth-order valence-corrected chi connectivity index (χ4v) is 2.98. The first-order valence-corrected chi connectivity index (χ1v) is 7.61. The molecule has 4 nitrogen and oxygen atoms in total. The Bertz CT molecular complexity index is 584. The number of ether oxygens (including phenoxy) is 1. The van der Waals surface area contributed by atoms with Crippen LogP contribution < -0.4 is 5.73 Å². The summed E-state index contributed by atoms with van der Waals surface area (Å²) >= 11 is 1.76. The number of thioether (sulfide) groups is 1. The molecule has 0 amide bonds. The van der Waals surface area contributed by atoms with E-state index in [1.165, 1.54) is 18.1 Å². The standard InChI is InChI=1S/C15H18N2O2S/c1-19-15(18)13(16)7-9-20-10-11-6-8-17-14-5-3-2-4-12(11)14/h2-6,8,13H,7,9-10,16H2,1H3. The van der Waals surface area contributed by atoms with Crippen LogP contribution in [0, 0.1) is 0 Å². The van der Waals surface area contributed by atoms with Crippen molar-refractivity contribution in [3.63, 3.8) is 0 Å². The predicted octanol–water partition coefficient (Wildman–Crippen LogP) is 2.36. The molecule has 0 bridgehead atoms. The van der Waals surface area contributed by atoms with E-state index < -0.39 is 6.04 Å². The third-order valence-corrected chi connectivity index (χ3v) is 4.11. The summed E-state index contributed by atoms with van der Waals surface area (Å²) < 4.78 is 4.60. The van der Waals surface area contributed by atoms with Crippen LogP contribution in [-0.2, 0) is 15.3 Å². The molecule has 0 aliphatic heterocycles. The van der Waals surface area contributed by atoms with Crippen LogP contribution in [-0.4, -0.2) is 29.9 Å². The van der Waals surface area contributed by atoms with Crippen LogP contribution in [0.15, 0.2) is 36.5 Å². The fraction of sp³-hybridized carbons (Fsp3) is 0.333. The lowest BCUT2D eigenvalue weighted by Gasteiger charge is -2.09. The zero-order chi connectivity index (χ0) is 14.4. The Hall–Kier alpha value is -1.59. The third-order valence-electron chi connectivity index (χ3n) is 3.07. The van der Waals surface area contributed by atoms with E-state index in [9.17, 15) is 4.79 Å². The summed E-state index contributed by atoms with van der Waals surface area (Å²) in [5, 5.41) is 1.18. The van der Waals surface area contributed by atoms with Gasteiger partial charge in [0.2, 0.25) is 0 Å². The van der Waals surface area contributed by atoms with Crippen molar-refractivity contribution >= 4 is 28.6 Å². The van der Waals surface area contributed by atoms with E-state index in [1.54, 1.807) is 11.8 Å². The molecular weight excluding hydrogens is 272 g/mol. The van der Waals surface area contributed by atoms with Gasteiger partial charge in [-0.3, -0.25) is 9.78 Å². The number of pyridine rings is 1. The van der Waals surface area contributed by atoms with Crippen LogP contribution in [0.3, 0.4) is 0 Å². The van der Waals surface area contributed by atoms with E-state index in [1.807, 2.05) is 30.5 Å². The summed E-state index contributed by atoms with van der Waals surface area (Å²) in [5.74, 6) is 1.36. The average molecular weight is 290 g/mol. The summed E-state index contributed by atoms with van der Waals surface area (Å²) in [7, 11) is 1.36. The third kappa shape index (κ3) is 3.71. The number of fused-ring (bicyclic) bond motifs is 1. The van der Waals surface area contributed by atoms with Crippen LogP contribution in [0.1, 0.15) is 12.0 Å². The van der Waals surface area contributed by atoms with Gasteiger partial charge in [0.15, 0.2) is 0 Å². The maximum Gasteiger partial charge on any atom is 0.322 e. The van der Waals surface area contributed by atoms with Crippen LogP contribution in [0.2, 0.25) is 0 Å². The highest BCUT2D eigenvalue weighted by Crippen LogP contribution is 2.21. The van der Waals surface area contributed by atoms with E-state index in [0.29, 0.717) is 6.42 Å². The molecule has 2 aromatic rings. The Morgan fingerprint density at radius 1 is 1.40 bits per heavy atom. The minimum atomic E-state index is -0.526. The Kier molecular flexibility index (Phi) is 5.38. The summed E-state index contributed by atoms with van der Waals surface area (Å²) in [4.78, 5) is 15.5. The Morgan fingerprint density at radius 3 is 3.00 bits per heavy atom. The number of hydrogen-bond acceptors (Lipinski definition) is 5. The van der Waals surface area contributed by atoms with Gasteiger partial charge in [0.05, 0.1) is 12.6 Å². The topological polar surface area (TPSA) is 65.2 Å². The number of nitrogens with two attached hydrogens (primary N) is 1. The molecule has 0 fully saturated rings. The van der Waals surface area contributed by atoms with Gasteiger partial charge < -0.3 is 10.5 Å². The molecule has 1 aromatic carbocycles. The van der Waals surface area contributed by atoms with Crippen LogP contribution in [0.5, 0.6) is 0 Å². The Labute approximate surface area is 122 Å². The number of benzene rings is 1. The number of methoxy groups -OCH3 is 1. The van der Waals surface area contributed by atoms with Crippen molar-refractivity contribution in [2.75, 3.05) is 12.9 Å². The fourth-order valence-electron chi connectivity index (χ4n) is 1.94. The lowest BCUT2D eigenvalue weighted by molar-refractivity contribution is -0.142. The minimum Gasteiger partial charge on any atom is -0.468 e. The number of hydrogen-bond donors (Lipinski definition) is 1. The van der Waals surface area contributed by atoms with E-state index in [4.69, 9.17) is 5.73 Å². The van der Waals surface area contributed by atoms with Gasteiger partial charge in [-0.1, -0.05) is 18.2 Å². The summed E-state index contributed by atoms with van der Waals surface area (Å²) in [6.45, 7) is 0. The van der Waals surface area contributed by atoms with Gasteiger partial charge in [0, 0.05) is 17.3 Å². The van der Waals surface area contributed by atoms with E-state index in [2.05, 4.69) is 15.8 Å². The molecule has 0 saturated carbocycles. The van der Waals surface area contributed by atoms with Gasteiger partial charge in [-0.05, 0) is 29.9 Å². The van der Waals surface area contributed by atoms with Gasteiger partial charge >= 0.3 is 5.97 Å². The molecule has 1 heterocycles. The first kappa shape index (κ1) is 14.8. The van der Waals surface area contributed by atoms with Crippen LogP contribution in [0.25, 0.3) is 10.9 Å². The molecule has 0 aliphatic rings. The Balaban J connectivity index is 1.89. The lowest BCUT2D eigenvalue weighted by atomic mass is 10.1. The van der Waals surface area contributed by atoms with Gasteiger partial charge in [-0.25, -0.2) is 0 Å². The summed E-state index contributed by atoms with van der Waals surface area (Å²) in [5.41, 5.74) is 7.97. The van der Waals surface area contributed by atoms with Crippen molar-refractivity contribution in [1.82, 2.24) is 4.98 Å². The molecule has 20 heavy (non-hydrogen) atoms. The summed E-state index contributed by atoms with van der Waals surface area (Å²) in [6.07, 6.45) is 2.46. The monoisotopic (exact) mass is 290 g/mol. The number of carbonyl (C=O) groups excluding carboxylic acids is 1. The summed E-state index contributed by atoms with van der Waals surface area (Å²) in [6, 6.07) is 9.61. The lowest BCUT2D eigenvalue weighted by Crippen LogP contribution is -2.31. The Morgan fingerprint density at radius 2 is 2.20 bits per heavy atom. The second-order valence-corrected chi connectivity index (χ2v) is 5.56. The van der Waals surface area contributed by atoms with Gasteiger partial charge in [0.1, 0.15) is 6.04 Å². The molecule has 2 N–H and O–H groups in total. The molecule has 1 aromatic heterocycles. The molecule has 0 saturated heterocycles. The molecule has 0 radical (unpaired) electrons. The molecular formula is C15H18N2O2S. The first-order chi connectivity index (χ1) is 9.72. The number of esters is 1. The number of para-hydroxylation sites is 1. The molecule has 2 rings (SSSR count). The average Bonchev–Trinajstić information content (AvgIpc) is 2.50. The number of carbonyl (C=O) groups is 1. The minimum absolute atomic E-state index is 0.347. The molecule has 106 valence electrons. The van der Waals surface area contributed by atoms with Crippen molar-refractivity contribution in [3.8, 4) is 0 Å². The largest absolute Gasteiger partial charge is 0.468 e. The first-order valence-electron chi connectivity index (χ1n) is 6.46. The maximum absolute atomic E-state index is 11.2. The van der Waals surface area contributed by atoms with E-state index in [0.717, 1.165) is 17.0 Å². The maximum atomic E-state index is 11.2. The molecule has 0 aliphatic carbocycles. The van der Waals surface area contributed by atoms with Gasteiger partial charge in [-0.2, -0.15) is 11.8 Å². The normalized spacial score (nSPS) is 12.3. The quantitative estimate of drug-likeness (QED) is 0.653. The highest BCUT2D eigenvalue weighted by atomic mass is 32.2. The number of nitrogens with zero attached hydrogens (tertiary/aromatic N) is 1. The molecule has 1 atom stereocenters. The second kappa shape index (κ2) is 7.26. The smallest absolute Gasteiger partial charge is 0.322 e. The number of aromatic nitrogens is 1. The highest BCUT2D eigenvalue weighted by molar-refractivity contribution is 7.98. The SMILES string of the molecule is COC(=O)C(N)CCSCc1ccnc2ccccc12. The molecule has 0 spiro atoms. The van der Waals surface area contributed by atoms with Crippen LogP contribution >= 0.6 is 11.8 Å². The van der Waals surface area contributed by atoms with Crippen molar-refractivity contribution in [2.24, 2.45) is 5.73 Å². The zero-order valence-electron chi connectivity index (χ0n) is 11.4. The van der Waals surface area contributed by atoms with Gasteiger partial charge in [0.25, 0.3) is 0 Å². The highest BCUT2D eigenvalue weighted by Gasteiger charge is 2.12.